The van der Waals surface area contributed by atoms with Crippen LogP contribution in [0.3, 0.4) is 0 Å². The van der Waals surface area contributed by atoms with Crippen LogP contribution in [-0.4, -0.2) is 50.6 Å². The summed E-state index contributed by atoms with van der Waals surface area (Å²) in [6, 6.07) is 5.33. The Balaban J connectivity index is 2.62. The molecule has 0 fully saturated rings. The Morgan fingerprint density at radius 1 is 1.35 bits per heavy atom. The highest BCUT2D eigenvalue weighted by atomic mass is 79.9. The van der Waals surface area contributed by atoms with Gasteiger partial charge in [-0.2, -0.15) is 0 Å². The first kappa shape index (κ1) is 17.1. The number of carbonyl (C=O) groups excluding carboxylic acids is 2. The third-order valence-corrected chi connectivity index (χ3v) is 3.70. The zero-order chi connectivity index (χ0) is 15.1. The van der Waals surface area contributed by atoms with E-state index in [2.05, 4.69) is 37.2 Å². The van der Waals surface area contributed by atoms with Crippen molar-refractivity contribution in [1.29, 1.82) is 0 Å². The lowest BCUT2D eigenvalue weighted by atomic mass is 10.2. The molecule has 1 rings (SSSR count). The standard InChI is InChI=1S/C13H16Br2N2O3/c1-17(8-12(18)16-5-6-20-2)13(19)10-7-9(14)3-4-11(10)15/h3-4,7H,5-6,8H2,1-2H3,(H,16,18). The van der Waals surface area contributed by atoms with Crippen molar-refractivity contribution in [1.82, 2.24) is 10.2 Å². The Hall–Kier alpha value is -0.920. The lowest BCUT2D eigenvalue weighted by Crippen LogP contribution is -2.39. The second kappa shape index (κ2) is 8.39. The monoisotopic (exact) mass is 406 g/mol. The van der Waals surface area contributed by atoms with Crippen molar-refractivity contribution in [3.63, 3.8) is 0 Å². The largest absolute Gasteiger partial charge is 0.383 e. The number of hydrogen-bond acceptors (Lipinski definition) is 3. The number of nitrogens with zero attached hydrogens (tertiary/aromatic N) is 1. The van der Waals surface area contributed by atoms with Crippen LogP contribution in [-0.2, 0) is 9.53 Å². The average Bonchev–Trinajstić information content (AvgIpc) is 2.41. The summed E-state index contributed by atoms with van der Waals surface area (Å²) in [6.45, 7) is 0.875. The van der Waals surface area contributed by atoms with E-state index < -0.39 is 0 Å². The number of likely N-dealkylation sites (N-methyl/N-ethyl adjacent to an activating group) is 1. The third kappa shape index (κ3) is 5.22. The van der Waals surface area contributed by atoms with E-state index >= 15 is 0 Å². The molecule has 0 bridgehead atoms. The topological polar surface area (TPSA) is 58.6 Å². The molecule has 1 aromatic carbocycles. The average molecular weight is 408 g/mol. The molecule has 0 aliphatic carbocycles. The Morgan fingerprint density at radius 3 is 2.70 bits per heavy atom. The van der Waals surface area contributed by atoms with E-state index in [0.717, 1.165) is 4.47 Å². The fraction of sp³-hybridized carbons (Fsp3) is 0.385. The summed E-state index contributed by atoms with van der Waals surface area (Å²) in [5.41, 5.74) is 0.506. The highest BCUT2D eigenvalue weighted by molar-refractivity contribution is 9.11. The molecule has 1 aromatic rings. The number of ether oxygens (including phenoxy) is 1. The molecule has 0 saturated carbocycles. The minimum Gasteiger partial charge on any atom is -0.383 e. The van der Waals surface area contributed by atoms with Crippen LogP contribution in [0.2, 0.25) is 0 Å². The summed E-state index contributed by atoms with van der Waals surface area (Å²) in [5.74, 6) is -0.441. The zero-order valence-corrected chi connectivity index (χ0v) is 14.5. The minimum atomic E-state index is -0.222. The smallest absolute Gasteiger partial charge is 0.255 e. The van der Waals surface area contributed by atoms with Gasteiger partial charge in [0.05, 0.1) is 18.7 Å². The molecular formula is C13H16Br2N2O3. The number of carbonyl (C=O) groups is 2. The first-order valence-corrected chi connectivity index (χ1v) is 7.50. The number of methoxy groups -OCH3 is 1. The van der Waals surface area contributed by atoms with Gasteiger partial charge in [-0.05, 0) is 34.1 Å². The zero-order valence-electron chi connectivity index (χ0n) is 11.3. The number of amides is 2. The van der Waals surface area contributed by atoms with E-state index in [1.165, 1.54) is 4.90 Å². The van der Waals surface area contributed by atoms with Crippen LogP contribution in [0.5, 0.6) is 0 Å². The molecule has 110 valence electrons. The highest BCUT2D eigenvalue weighted by Gasteiger charge is 2.17. The summed E-state index contributed by atoms with van der Waals surface area (Å²) in [4.78, 5) is 25.3. The molecule has 5 nitrogen and oxygen atoms in total. The van der Waals surface area contributed by atoms with Gasteiger partial charge in [-0.15, -0.1) is 0 Å². The molecular weight excluding hydrogens is 392 g/mol. The summed E-state index contributed by atoms with van der Waals surface area (Å²) in [6.07, 6.45) is 0. The number of hydrogen-bond donors (Lipinski definition) is 1. The Bertz CT molecular complexity index is 495. The first-order valence-electron chi connectivity index (χ1n) is 5.92. The minimum absolute atomic E-state index is 0.00149. The van der Waals surface area contributed by atoms with Crippen LogP contribution < -0.4 is 5.32 Å². The summed E-state index contributed by atoms with van der Waals surface area (Å²) in [7, 11) is 3.15. The fourth-order valence-electron chi connectivity index (χ4n) is 1.50. The van der Waals surface area contributed by atoms with Gasteiger partial charge in [0.15, 0.2) is 0 Å². The van der Waals surface area contributed by atoms with Crippen LogP contribution in [0.4, 0.5) is 0 Å². The van der Waals surface area contributed by atoms with Crippen molar-refractivity contribution in [3.8, 4) is 0 Å². The molecule has 0 heterocycles. The van der Waals surface area contributed by atoms with Gasteiger partial charge in [-0.1, -0.05) is 15.9 Å². The molecule has 0 saturated heterocycles. The predicted octanol–water partition coefficient (Wildman–Crippen LogP) is 2.05. The summed E-state index contributed by atoms with van der Waals surface area (Å²) < 4.78 is 6.34. The number of halogens is 2. The predicted molar refractivity (Wildman–Crippen MR) is 83.7 cm³/mol. The van der Waals surface area contributed by atoms with Crippen molar-refractivity contribution >= 4 is 43.7 Å². The maximum absolute atomic E-state index is 12.3. The normalized spacial score (nSPS) is 10.2. The summed E-state index contributed by atoms with van der Waals surface area (Å²) >= 11 is 6.65. The van der Waals surface area contributed by atoms with Crippen LogP contribution in [0, 0.1) is 0 Å². The number of rotatable bonds is 6. The van der Waals surface area contributed by atoms with Gasteiger partial charge >= 0.3 is 0 Å². The maximum atomic E-state index is 12.3. The second-order valence-corrected chi connectivity index (χ2v) is 5.90. The Labute approximate surface area is 134 Å². The van der Waals surface area contributed by atoms with E-state index in [4.69, 9.17) is 4.74 Å². The molecule has 0 aromatic heterocycles. The SMILES string of the molecule is COCCNC(=O)CN(C)C(=O)c1cc(Br)ccc1Br. The highest BCUT2D eigenvalue weighted by Crippen LogP contribution is 2.22. The Kier molecular flexibility index (Phi) is 7.18. The van der Waals surface area contributed by atoms with Crippen LogP contribution in [0.1, 0.15) is 10.4 Å². The molecule has 0 atom stereocenters. The second-order valence-electron chi connectivity index (χ2n) is 4.13. The van der Waals surface area contributed by atoms with Crippen molar-refractivity contribution in [2.45, 2.75) is 0 Å². The fourth-order valence-corrected chi connectivity index (χ4v) is 2.28. The quantitative estimate of drug-likeness (QED) is 0.734. The van der Waals surface area contributed by atoms with Crippen molar-refractivity contribution in [3.05, 3.63) is 32.7 Å². The molecule has 0 unspecified atom stereocenters. The maximum Gasteiger partial charge on any atom is 0.255 e. The van der Waals surface area contributed by atoms with Gasteiger partial charge < -0.3 is 15.0 Å². The van der Waals surface area contributed by atoms with Crippen LogP contribution in [0.15, 0.2) is 27.1 Å². The van der Waals surface area contributed by atoms with E-state index in [-0.39, 0.29) is 18.4 Å². The van der Waals surface area contributed by atoms with Crippen LogP contribution in [0.25, 0.3) is 0 Å². The van der Waals surface area contributed by atoms with Crippen molar-refractivity contribution in [2.24, 2.45) is 0 Å². The van der Waals surface area contributed by atoms with Gasteiger partial charge in [0, 0.05) is 29.6 Å². The van der Waals surface area contributed by atoms with E-state index in [0.29, 0.717) is 23.2 Å². The lowest BCUT2D eigenvalue weighted by Gasteiger charge is -2.17. The van der Waals surface area contributed by atoms with Gasteiger partial charge in [0.2, 0.25) is 5.91 Å². The molecule has 0 aliphatic rings. The van der Waals surface area contributed by atoms with E-state index in [9.17, 15) is 9.59 Å². The molecule has 0 aliphatic heterocycles. The molecule has 20 heavy (non-hydrogen) atoms. The lowest BCUT2D eigenvalue weighted by molar-refractivity contribution is -0.121. The third-order valence-electron chi connectivity index (χ3n) is 2.51. The number of benzene rings is 1. The number of nitrogens with one attached hydrogen (secondary N) is 1. The molecule has 0 radical (unpaired) electrons. The van der Waals surface area contributed by atoms with Gasteiger partial charge in [0.25, 0.3) is 5.91 Å². The van der Waals surface area contributed by atoms with Gasteiger partial charge in [-0.3, -0.25) is 9.59 Å². The molecule has 7 heteroatoms. The first-order chi connectivity index (χ1) is 9.45. The molecule has 1 N–H and O–H groups in total. The van der Waals surface area contributed by atoms with E-state index in [1.54, 1.807) is 26.3 Å². The molecule has 0 spiro atoms. The van der Waals surface area contributed by atoms with Crippen molar-refractivity contribution < 1.29 is 14.3 Å². The summed E-state index contributed by atoms with van der Waals surface area (Å²) in [5, 5.41) is 2.67. The van der Waals surface area contributed by atoms with Gasteiger partial charge in [-0.25, -0.2) is 0 Å². The van der Waals surface area contributed by atoms with Gasteiger partial charge in [0.1, 0.15) is 0 Å². The Morgan fingerprint density at radius 2 is 2.05 bits per heavy atom. The van der Waals surface area contributed by atoms with Crippen molar-refractivity contribution in [2.75, 3.05) is 33.9 Å². The van der Waals surface area contributed by atoms with Crippen LogP contribution >= 0.6 is 31.9 Å². The molecule has 2 amide bonds. The van der Waals surface area contributed by atoms with E-state index in [1.807, 2.05) is 6.07 Å².